The number of benzene rings is 1. The van der Waals surface area contributed by atoms with Gasteiger partial charge in [-0.25, -0.2) is 9.78 Å². The molecule has 2 aromatic rings. The highest BCUT2D eigenvalue weighted by Crippen LogP contribution is 2.20. The Morgan fingerprint density at radius 1 is 1.25 bits per heavy atom. The molecule has 0 unspecified atom stereocenters. The molecule has 0 bridgehead atoms. The summed E-state index contributed by atoms with van der Waals surface area (Å²) in [5.41, 5.74) is 6.51. The number of carbonyl (C=O) groups is 2. The molecule has 1 amide bonds. The number of hydrogen-bond donors (Lipinski definition) is 3. The second-order valence-corrected chi connectivity index (χ2v) is 4.84. The maximum atomic E-state index is 11.9. The van der Waals surface area contributed by atoms with Crippen molar-refractivity contribution in [3.05, 3.63) is 52.3 Å². The lowest BCUT2D eigenvalue weighted by Gasteiger charge is -2.08. The van der Waals surface area contributed by atoms with Gasteiger partial charge in [0.25, 0.3) is 5.91 Å². The number of carboxylic acids is 1. The van der Waals surface area contributed by atoms with Gasteiger partial charge in [0.1, 0.15) is 5.69 Å². The first-order valence-corrected chi connectivity index (χ1v) is 6.32. The highest BCUT2D eigenvalue weighted by atomic mass is 79.9. The van der Waals surface area contributed by atoms with E-state index in [4.69, 9.17) is 10.8 Å². The first-order valence-electron chi connectivity index (χ1n) is 5.53. The van der Waals surface area contributed by atoms with Crippen LogP contribution in [0.25, 0.3) is 0 Å². The Hall–Kier alpha value is -2.41. The topological polar surface area (TPSA) is 105 Å². The monoisotopic (exact) mass is 335 g/mol. The molecule has 1 heterocycles. The number of aromatic carboxylic acids is 1. The van der Waals surface area contributed by atoms with E-state index < -0.39 is 11.9 Å². The molecule has 0 aliphatic carbocycles. The molecular weight excluding hydrogens is 326 g/mol. The van der Waals surface area contributed by atoms with Crippen molar-refractivity contribution in [1.82, 2.24) is 4.98 Å². The van der Waals surface area contributed by atoms with Gasteiger partial charge in [-0.3, -0.25) is 4.79 Å². The largest absolute Gasteiger partial charge is 0.478 e. The average molecular weight is 336 g/mol. The summed E-state index contributed by atoms with van der Waals surface area (Å²) in [5.74, 6) is -1.50. The standard InChI is InChI=1S/C13H10BrN3O3/c14-8-2-4-11(16-6-8)12(18)17-10-3-1-7(13(19)20)5-9(10)15/h1-6H,15H2,(H,17,18)(H,19,20). The molecule has 0 radical (unpaired) electrons. The van der Waals surface area contributed by atoms with E-state index in [1.165, 1.54) is 24.4 Å². The lowest BCUT2D eigenvalue weighted by atomic mass is 10.1. The van der Waals surface area contributed by atoms with Gasteiger partial charge < -0.3 is 16.2 Å². The predicted octanol–water partition coefficient (Wildman–Crippen LogP) is 2.38. The summed E-state index contributed by atoms with van der Waals surface area (Å²) in [5, 5.41) is 11.4. The van der Waals surface area contributed by atoms with Crippen LogP contribution < -0.4 is 11.1 Å². The van der Waals surface area contributed by atoms with E-state index in [0.717, 1.165) is 4.47 Å². The van der Waals surface area contributed by atoms with Gasteiger partial charge in [-0.15, -0.1) is 0 Å². The number of nitrogen functional groups attached to an aromatic ring is 1. The number of nitrogens with two attached hydrogens (primary N) is 1. The van der Waals surface area contributed by atoms with Gasteiger partial charge >= 0.3 is 5.97 Å². The highest BCUT2D eigenvalue weighted by Gasteiger charge is 2.11. The maximum absolute atomic E-state index is 11.9. The Morgan fingerprint density at radius 3 is 2.55 bits per heavy atom. The van der Waals surface area contributed by atoms with E-state index in [0.29, 0.717) is 5.69 Å². The number of nitrogens with one attached hydrogen (secondary N) is 1. The zero-order chi connectivity index (χ0) is 14.7. The van der Waals surface area contributed by atoms with Crippen molar-refractivity contribution in [1.29, 1.82) is 0 Å². The number of rotatable bonds is 3. The van der Waals surface area contributed by atoms with E-state index >= 15 is 0 Å². The van der Waals surface area contributed by atoms with Gasteiger partial charge in [0, 0.05) is 10.7 Å². The molecular formula is C13H10BrN3O3. The minimum absolute atomic E-state index is 0.0577. The second kappa shape index (κ2) is 5.70. The van der Waals surface area contributed by atoms with Crippen molar-refractivity contribution in [2.45, 2.75) is 0 Å². The lowest BCUT2D eigenvalue weighted by Crippen LogP contribution is -2.15. The average Bonchev–Trinajstić information content (AvgIpc) is 2.41. The molecule has 2 rings (SSSR count). The summed E-state index contributed by atoms with van der Waals surface area (Å²) >= 11 is 3.22. The van der Waals surface area contributed by atoms with Crippen molar-refractivity contribution < 1.29 is 14.7 Å². The first kappa shape index (κ1) is 14.0. The van der Waals surface area contributed by atoms with Crippen molar-refractivity contribution in [3.63, 3.8) is 0 Å². The van der Waals surface area contributed by atoms with Crippen molar-refractivity contribution >= 4 is 39.2 Å². The summed E-state index contributed by atoms with van der Waals surface area (Å²) < 4.78 is 0.763. The molecule has 102 valence electrons. The fraction of sp³-hybridized carbons (Fsp3) is 0. The lowest BCUT2D eigenvalue weighted by molar-refractivity contribution is 0.0697. The van der Waals surface area contributed by atoms with Crippen LogP contribution in [0.5, 0.6) is 0 Å². The van der Waals surface area contributed by atoms with Crippen molar-refractivity contribution in [3.8, 4) is 0 Å². The molecule has 6 nitrogen and oxygen atoms in total. The summed E-state index contributed by atoms with van der Waals surface area (Å²) in [6, 6.07) is 7.34. The van der Waals surface area contributed by atoms with Crippen LogP contribution in [-0.2, 0) is 0 Å². The molecule has 0 atom stereocenters. The van der Waals surface area contributed by atoms with Crippen LogP contribution in [0.4, 0.5) is 11.4 Å². The molecule has 7 heteroatoms. The number of carbonyl (C=O) groups excluding carboxylic acids is 1. The Bertz CT molecular complexity index is 671. The van der Waals surface area contributed by atoms with Gasteiger partial charge in [-0.1, -0.05) is 0 Å². The number of anilines is 2. The molecule has 1 aromatic carbocycles. The second-order valence-electron chi connectivity index (χ2n) is 3.92. The molecule has 20 heavy (non-hydrogen) atoms. The molecule has 0 fully saturated rings. The SMILES string of the molecule is Nc1cc(C(=O)O)ccc1NC(=O)c1ccc(Br)cn1. The number of hydrogen-bond acceptors (Lipinski definition) is 4. The van der Waals surface area contributed by atoms with Crippen LogP contribution in [-0.4, -0.2) is 22.0 Å². The zero-order valence-corrected chi connectivity index (χ0v) is 11.7. The summed E-state index contributed by atoms with van der Waals surface area (Å²) in [6.45, 7) is 0. The number of amides is 1. The fourth-order valence-electron chi connectivity index (χ4n) is 1.51. The number of carboxylic acid groups (broad SMARTS) is 1. The van der Waals surface area contributed by atoms with Gasteiger partial charge in [-0.2, -0.15) is 0 Å². The Balaban J connectivity index is 2.19. The van der Waals surface area contributed by atoms with Gasteiger partial charge in [-0.05, 0) is 46.3 Å². The van der Waals surface area contributed by atoms with E-state index in [9.17, 15) is 9.59 Å². The van der Waals surface area contributed by atoms with Crippen LogP contribution in [0.3, 0.4) is 0 Å². The molecule has 0 aliphatic rings. The highest BCUT2D eigenvalue weighted by molar-refractivity contribution is 9.10. The zero-order valence-electron chi connectivity index (χ0n) is 10.1. The van der Waals surface area contributed by atoms with Crippen LogP contribution in [0.1, 0.15) is 20.8 Å². The molecule has 1 aromatic heterocycles. The summed E-state index contributed by atoms with van der Waals surface area (Å²) in [4.78, 5) is 26.7. The fourth-order valence-corrected chi connectivity index (χ4v) is 1.74. The molecule has 4 N–H and O–H groups in total. The minimum atomic E-state index is -1.08. The number of pyridine rings is 1. The van der Waals surface area contributed by atoms with E-state index in [1.807, 2.05) is 0 Å². The summed E-state index contributed by atoms with van der Waals surface area (Å²) in [7, 11) is 0. The van der Waals surface area contributed by atoms with Crippen LogP contribution in [0.15, 0.2) is 41.0 Å². The summed E-state index contributed by atoms with van der Waals surface area (Å²) in [6.07, 6.45) is 1.51. The number of halogens is 1. The third kappa shape index (κ3) is 3.12. The van der Waals surface area contributed by atoms with Gasteiger partial charge in [0.15, 0.2) is 0 Å². The maximum Gasteiger partial charge on any atom is 0.335 e. The third-order valence-corrected chi connectivity index (χ3v) is 2.98. The van der Waals surface area contributed by atoms with Gasteiger partial charge in [0.2, 0.25) is 0 Å². The van der Waals surface area contributed by atoms with Crippen LogP contribution >= 0.6 is 15.9 Å². The number of nitrogens with zero attached hydrogens (tertiary/aromatic N) is 1. The third-order valence-electron chi connectivity index (χ3n) is 2.51. The first-order chi connectivity index (χ1) is 9.47. The van der Waals surface area contributed by atoms with E-state index in [-0.39, 0.29) is 16.9 Å². The number of aromatic nitrogens is 1. The van der Waals surface area contributed by atoms with Crippen molar-refractivity contribution in [2.24, 2.45) is 0 Å². The van der Waals surface area contributed by atoms with Crippen LogP contribution in [0.2, 0.25) is 0 Å². The van der Waals surface area contributed by atoms with Crippen molar-refractivity contribution in [2.75, 3.05) is 11.1 Å². The van der Waals surface area contributed by atoms with Crippen LogP contribution in [0, 0.1) is 0 Å². The molecule has 0 aliphatic heterocycles. The Kier molecular flexibility index (Phi) is 3.99. The minimum Gasteiger partial charge on any atom is -0.478 e. The van der Waals surface area contributed by atoms with Gasteiger partial charge in [0.05, 0.1) is 16.9 Å². The molecule has 0 spiro atoms. The molecule has 0 saturated carbocycles. The normalized spacial score (nSPS) is 10.1. The van der Waals surface area contributed by atoms with E-state index in [2.05, 4.69) is 26.2 Å². The molecule has 0 saturated heterocycles. The Morgan fingerprint density at radius 2 is 2.00 bits per heavy atom. The van der Waals surface area contributed by atoms with E-state index in [1.54, 1.807) is 12.1 Å². The Labute approximate surface area is 122 Å². The quantitative estimate of drug-likeness (QED) is 0.747. The smallest absolute Gasteiger partial charge is 0.335 e. The predicted molar refractivity (Wildman–Crippen MR) is 77.7 cm³/mol.